The molecule has 1 N–H and O–H groups in total. The molecule has 3 nitrogen and oxygen atoms in total. The van der Waals surface area contributed by atoms with E-state index >= 15 is 0 Å². The molecule has 1 aliphatic carbocycles. The van der Waals surface area contributed by atoms with Gasteiger partial charge in [0.05, 0.1) is 10.4 Å². The lowest BCUT2D eigenvalue weighted by molar-refractivity contribution is 0.224. The smallest absolute Gasteiger partial charge is 0.207 e. The van der Waals surface area contributed by atoms with Crippen molar-refractivity contribution in [3.05, 3.63) is 65.2 Å². The van der Waals surface area contributed by atoms with Crippen molar-refractivity contribution >= 4 is 10.0 Å². The Morgan fingerprint density at radius 2 is 1.64 bits per heavy atom. The number of hydrogen-bond acceptors (Lipinski definition) is 2. The third-order valence-electron chi connectivity index (χ3n) is 4.65. The number of aryl methyl sites for hydroxylation is 2. The Morgan fingerprint density at radius 3 is 2.18 bits per heavy atom. The molecule has 1 saturated carbocycles. The Morgan fingerprint density at radius 1 is 0.955 bits per heavy atom. The molecular weight excluding hydrogens is 294 g/mol. The van der Waals surface area contributed by atoms with E-state index in [1.807, 2.05) is 50.2 Å². The molecule has 0 saturated heterocycles. The summed E-state index contributed by atoms with van der Waals surface area (Å²) in [4.78, 5) is 0.345. The first-order valence-electron chi connectivity index (χ1n) is 7.60. The van der Waals surface area contributed by atoms with Gasteiger partial charge < -0.3 is 0 Å². The zero-order valence-corrected chi connectivity index (χ0v) is 13.8. The second kappa shape index (κ2) is 5.52. The fourth-order valence-electron chi connectivity index (χ4n) is 2.93. The summed E-state index contributed by atoms with van der Waals surface area (Å²) < 4.78 is 28.5. The van der Waals surface area contributed by atoms with Crippen LogP contribution in [0.2, 0.25) is 0 Å². The molecule has 0 heterocycles. The average molecular weight is 315 g/mol. The van der Waals surface area contributed by atoms with Crippen LogP contribution in [-0.2, 0) is 15.6 Å². The van der Waals surface area contributed by atoms with E-state index in [0.29, 0.717) is 4.90 Å². The van der Waals surface area contributed by atoms with E-state index in [2.05, 4.69) is 4.72 Å². The molecule has 0 aliphatic heterocycles. The van der Waals surface area contributed by atoms with Gasteiger partial charge >= 0.3 is 0 Å². The summed E-state index contributed by atoms with van der Waals surface area (Å²) in [5.41, 5.74) is 2.69. The third kappa shape index (κ3) is 2.69. The van der Waals surface area contributed by atoms with Crippen LogP contribution in [-0.4, -0.2) is 8.42 Å². The summed E-state index contributed by atoms with van der Waals surface area (Å²) >= 11 is 0. The highest BCUT2D eigenvalue weighted by Gasteiger charge is 2.42. The second-order valence-corrected chi connectivity index (χ2v) is 7.84. The maximum absolute atomic E-state index is 12.8. The standard InChI is InChI=1S/C18H21NO2S/c1-14-9-10-17(13-15(14)2)22(20,21)19-18(11-6-12-18)16-7-4-3-5-8-16/h3-5,7-10,13,19H,6,11-12H2,1-2H3. The Bertz CT molecular complexity index is 778. The minimum Gasteiger partial charge on any atom is -0.207 e. The molecular formula is C18H21NO2S. The predicted octanol–water partition coefficient (Wildman–Crippen LogP) is 3.66. The van der Waals surface area contributed by atoms with Gasteiger partial charge in [-0.15, -0.1) is 0 Å². The van der Waals surface area contributed by atoms with E-state index in [4.69, 9.17) is 0 Å². The Balaban J connectivity index is 1.94. The van der Waals surface area contributed by atoms with Crippen LogP contribution < -0.4 is 4.72 Å². The van der Waals surface area contributed by atoms with Crippen LogP contribution in [0.15, 0.2) is 53.4 Å². The predicted molar refractivity (Wildman–Crippen MR) is 88.2 cm³/mol. The van der Waals surface area contributed by atoms with E-state index in [0.717, 1.165) is 36.0 Å². The van der Waals surface area contributed by atoms with Gasteiger partial charge in [0.15, 0.2) is 0 Å². The largest absolute Gasteiger partial charge is 0.241 e. The molecule has 0 bridgehead atoms. The van der Waals surface area contributed by atoms with Crippen molar-refractivity contribution < 1.29 is 8.42 Å². The third-order valence-corrected chi connectivity index (χ3v) is 6.19. The summed E-state index contributed by atoms with van der Waals surface area (Å²) in [5.74, 6) is 0. The van der Waals surface area contributed by atoms with Crippen LogP contribution in [0.25, 0.3) is 0 Å². The van der Waals surface area contributed by atoms with Crippen molar-refractivity contribution in [1.29, 1.82) is 0 Å². The van der Waals surface area contributed by atoms with E-state index in [1.54, 1.807) is 12.1 Å². The van der Waals surface area contributed by atoms with Crippen LogP contribution >= 0.6 is 0 Å². The van der Waals surface area contributed by atoms with Crippen molar-refractivity contribution in [2.24, 2.45) is 0 Å². The summed E-state index contributed by atoms with van der Waals surface area (Å²) in [6.07, 6.45) is 2.74. The van der Waals surface area contributed by atoms with Crippen LogP contribution in [0.3, 0.4) is 0 Å². The van der Waals surface area contributed by atoms with Gasteiger partial charge in [0.25, 0.3) is 0 Å². The van der Waals surface area contributed by atoms with Gasteiger partial charge in [0, 0.05) is 0 Å². The summed E-state index contributed by atoms with van der Waals surface area (Å²) in [5, 5.41) is 0. The van der Waals surface area contributed by atoms with Crippen molar-refractivity contribution in [1.82, 2.24) is 4.72 Å². The Labute approximate surface area is 132 Å². The van der Waals surface area contributed by atoms with Gasteiger partial charge in [-0.25, -0.2) is 13.1 Å². The molecule has 116 valence electrons. The lowest BCUT2D eigenvalue weighted by Crippen LogP contribution is -2.50. The maximum atomic E-state index is 12.8. The minimum absolute atomic E-state index is 0.345. The maximum Gasteiger partial charge on any atom is 0.241 e. The highest BCUT2D eigenvalue weighted by atomic mass is 32.2. The van der Waals surface area contributed by atoms with Gasteiger partial charge in [-0.3, -0.25) is 0 Å². The zero-order valence-electron chi connectivity index (χ0n) is 13.0. The molecule has 2 aromatic rings. The topological polar surface area (TPSA) is 46.2 Å². The number of nitrogens with one attached hydrogen (secondary N) is 1. The SMILES string of the molecule is Cc1ccc(S(=O)(=O)NC2(c3ccccc3)CCC2)cc1C. The minimum atomic E-state index is -3.52. The average Bonchev–Trinajstić information content (AvgIpc) is 2.46. The van der Waals surface area contributed by atoms with E-state index in [1.165, 1.54) is 0 Å². The van der Waals surface area contributed by atoms with Gasteiger partial charge in [-0.1, -0.05) is 36.4 Å². The van der Waals surface area contributed by atoms with Crippen molar-refractivity contribution in [3.63, 3.8) is 0 Å². The fourth-order valence-corrected chi connectivity index (χ4v) is 4.47. The molecule has 22 heavy (non-hydrogen) atoms. The van der Waals surface area contributed by atoms with E-state index < -0.39 is 15.6 Å². The van der Waals surface area contributed by atoms with Gasteiger partial charge in [-0.2, -0.15) is 0 Å². The quantitative estimate of drug-likeness (QED) is 0.936. The van der Waals surface area contributed by atoms with Gasteiger partial charge in [-0.05, 0) is 61.9 Å². The van der Waals surface area contributed by atoms with E-state index in [9.17, 15) is 8.42 Å². The number of sulfonamides is 1. The molecule has 4 heteroatoms. The summed E-state index contributed by atoms with van der Waals surface area (Å²) in [6.45, 7) is 3.92. The lowest BCUT2D eigenvalue weighted by atomic mass is 9.73. The monoisotopic (exact) mass is 315 g/mol. The van der Waals surface area contributed by atoms with Crippen LogP contribution in [0, 0.1) is 13.8 Å². The normalized spacial score (nSPS) is 17.0. The van der Waals surface area contributed by atoms with Gasteiger partial charge in [0.2, 0.25) is 10.0 Å². The summed E-state index contributed by atoms with van der Waals surface area (Å²) in [7, 11) is -3.52. The first-order chi connectivity index (χ1) is 10.4. The molecule has 0 aromatic heterocycles. The van der Waals surface area contributed by atoms with Crippen molar-refractivity contribution in [2.75, 3.05) is 0 Å². The highest BCUT2D eigenvalue weighted by Crippen LogP contribution is 2.42. The zero-order chi connectivity index (χ0) is 15.8. The molecule has 0 spiro atoms. The van der Waals surface area contributed by atoms with Crippen molar-refractivity contribution in [2.45, 2.75) is 43.5 Å². The fraction of sp³-hybridized carbons (Fsp3) is 0.333. The summed E-state index contributed by atoms with van der Waals surface area (Å²) in [6, 6.07) is 15.2. The number of rotatable bonds is 4. The first kappa shape index (κ1) is 15.3. The Hall–Kier alpha value is -1.65. The molecule has 3 rings (SSSR count). The van der Waals surface area contributed by atoms with E-state index in [-0.39, 0.29) is 0 Å². The first-order valence-corrected chi connectivity index (χ1v) is 9.08. The van der Waals surface area contributed by atoms with Crippen LogP contribution in [0.1, 0.15) is 36.0 Å². The Kier molecular flexibility index (Phi) is 3.83. The molecule has 0 unspecified atom stereocenters. The molecule has 0 radical (unpaired) electrons. The van der Waals surface area contributed by atoms with Crippen LogP contribution in [0.4, 0.5) is 0 Å². The van der Waals surface area contributed by atoms with Crippen molar-refractivity contribution in [3.8, 4) is 0 Å². The molecule has 0 amide bonds. The number of hydrogen-bond donors (Lipinski definition) is 1. The lowest BCUT2D eigenvalue weighted by Gasteiger charge is -2.42. The molecule has 2 aromatic carbocycles. The molecule has 0 atom stereocenters. The highest BCUT2D eigenvalue weighted by molar-refractivity contribution is 7.89. The number of benzene rings is 2. The molecule has 1 fully saturated rings. The second-order valence-electron chi connectivity index (χ2n) is 6.15. The molecule has 1 aliphatic rings. The van der Waals surface area contributed by atoms with Gasteiger partial charge in [0.1, 0.15) is 0 Å². The van der Waals surface area contributed by atoms with Crippen LogP contribution in [0.5, 0.6) is 0 Å².